The Bertz CT molecular complexity index is 970. The molecule has 0 radical (unpaired) electrons. The first-order chi connectivity index (χ1) is 14.1. The van der Waals surface area contributed by atoms with Crippen molar-refractivity contribution >= 4 is 5.91 Å². The van der Waals surface area contributed by atoms with E-state index in [4.69, 9.17) is 4.74 Å². The second-order valence-electron chi connectivity index (χ2n) is 7.54. The molecule has 1 saturated heterocycles. The number of carbonyl (C=O) groups excluding carboxylic acids is 1. The zero-order chi connectivity index (χ0) is 20.2. The molecule has 3 aromatic rings. The van der Waals surface area contributed by atoms with Crippen molar-refractivity contribution < 1.29 is 9.53 Å². The molecule has 4 rings (SSSR count). The molecular weight excluding hydrogens is 366 g/mol. The second-order valence-corrected chi connectivity index (χ2v) is 7.54. The van der Waals surface area contributed by atoms with E-state index in [9.17, 15) is 4.79 Å². The predicted molar refractivity (Wildman–Crippen MR) is 109 cm³/mol. The topological polar surface area (TPSA) is 73.1 Å². The molecule has 1 fully saturated rings. The monoisotopic (exact) mass is 391 g/mol. The number of hydrogen-bond donors (Lipinski definition) is 0. The SMILES string of the molecule is CC(C)n1nccc1C(=O)N1CCCC(c2cncc(Oc3ccccc3)n2)C1. The number of hydrogen-bond acceptors (Lipinski definition) is 5. The average Bonchev–Trinajstić information content (AvgIpc) is 3.25. The maximum atomic E-state index is 13.1. The summed E-state index contributed by atoms with van der Waals surface area (Å²) in [5.74, 6) is 1.34. The Labute approximate surface area is 170 Å². The van der Waals surface area contributed by atoms with Crippen molar-refractivity contribution in [2.45, 2.75) is 38.6 Å². The van der Waals surface area contributed by atoms with Gasteiger partial charge in [-0.15, -0.1) is 0 Å². The highest BCUT2D eigenvalue weighted by Gasteiger charge is 2.28. The van der Waals surface area contributed by atoms with E-state index in [2.05, 4.69) is 15.1 Å². The number of amides is 1. The number of aromatic nitrogens is 4. The molecule has 0 bridgehead atoms. The Morgan fingerprint density at radius 1 is 1.17 bits per heavy atom. The highest BCUT2D eigenvalue weighted by atomic mass is 16.5. The summed E-state index contributed by atoms with van der Waals surface area (Å²) in [6.45, 7) is 5.41. The van der Waals surface area contributed by atoms with Gasteiger partial charge in [-0.1, -0.05) is 18.2 Å². The Hall–Kier alpha value is -3.22. The number of benzene rings is 1. The van der Waals surface area contributed by atoms with Crippen LogP contribution in [0.1, 0.15) is 54.8 Å². The van der Waals surface area contributed by atoms with Crippen molar-refractivity contribution in [2.75, 3.05) is 13.1 Å². The van der Waals surface area contributed by atoms with E-state index in [-0.39, 0.29) is 17.9 Å². The quantitative estimate of drug-likeness (QED) is 0.656. The summed E-state index contributed by atoms with van der Waals surface area (Å²) in [6.07, 6.45) is 6.97. The van der Waals surface area contributed by atoms with Gasteiger partial charge >= 0.3 is 0 Å². The smallest absolute Gasteiger partial charge is 0.272 e. The van der Waals surface area contributed by atoms with E-state index < -0.39 is 0 Å². The first kappa shape index (κ1) is 19.1. The lowest BCUT2D eigenvalue weighted by Gasteiger charge is -2.32. The van der Waals surface area contributed by atoms with E-state index in [1.807, 2.05) is 49.1 Å². The van der Waals surface area contributed by atoms with Crippen LogP contribution in [0.15, 0.2) is 55.0 Å². The van der Waals surface area contributed by atoms with Crippen molar-refractivity contribution in [3.05, 3.63) is 66.4 Å². The average molecular weight is 391 g/mol. The Morgan fingerprint density at radius 3 is 2.79 bits per heavy atom. The lowest BCUT2D eigenvalue weighted by molar-refractivity contribution is 0.0691. The minimum Gasteiger partial charge on any atom is -0.437 e. The molecule has 0 spiro atoms. The molecule has 1 aromatic carbocycles. The molecule has 0 aliphatic carbocycles. The highest BCUT2D eigenvalue weighted by molar-refractivity contribution is 5.92. The summed E-state index contributed by atoms with van der Waals surface area (Å²) in [7, 11) is 0. The number of nitrogens with zero attached hydrogens (tertiary/aromatic N) is 5. The summed E-state index contributed by atoms with van der Waals surface area (Å²) in [5.41, 5.74) is 1.49. The fourth-order valence-corrected chi connectivity index (χ4v) is 3.68. The summed E-state index contributed by atoms with van der Waals surface area (Å²) in [6, 6.07) is 11.5. The number of para-hydroxylation sites is 1. The van der Waals surface area contributed by atoms with Crippen molar-refractivity contribution in [3.63, 3.8) is 0 Å². The highest BCUT2D eigenvalue weighted by Crippen LogP contribution is 2.28. The third kappa shape index (κ3) is 4.29. The van der Waals surface area contributed by atoms with Gasteiger partial charge in [0.25, 0.3) is 5.91 Å². The van der Waals surface area contributed by atoms with Gasteiger partial charge in [-0.25, -0.2) is 4.98 Å². The third-order valence-electron chi connectivity index (χ3n) is 5.10. The summed E-state index contributed by atoms with van der Waals surface area (Å²) >= 11 is 0. The number of piperidine rings is 1. The van der Waals surface area contributed by atoms with Gasteiger partial charge in [-0.2, -0.15) is 5.10 Å². The van der Waals surface area contributed by atoms with E-state index in [1.54, 1.807) is 29.3 Å². The van der Waals surface area contributed by atoms with Crippen molar-refractivity contribution in [2.24, 2.45) is 0 Å². The van der Waals surface area contributed by atoms with Gasteiger partial charge in [0.1, 0.15) is 11.4 Å². The van der Waals surface area contributed by atoms with Gasteiger partial charge in [0, 0.05) is 37.4 Å². The molecule has 7 heteroatoms. The van der Waals surface area contributed by atoms with E-state index in [0.717, 1.165) is 30.8 Å². The summed E-state index contributed by atoms with van der Waals surface area (Å²) in [4.78, 5) is 23.9. The minimum atomic E-state index is 0.0190. The van der Waals surface area contributed by atoms with Crippen LogP contribution in [0.5, 0.6) is 11.6 Å². The maximum absolute atomic E-state index is 13.1. The Balaban J connectivity index is 1.49. The van der Waals surface area contributed by atoms with Crippen LogP contribution in [0.2, 0.25) is 0 Å². The molecule has 7 nitrogen and oxygen atoms in total. The summed E-state index contributed by atoms with van der Waals surface area (Å²) in [5, 5.41) is 4.29. The molecule has 29 heavy (non-hydrogen) atoms. The van der Waals surface area contributed by atoms with Gasteiger partial charge in [0.15, 0.2) is 0 Å². The molecule has 2 aromatic heterocycles. The van der Waals surface area contributed by atoms with Crippen LogP contribution in [0.25, 0.3) is 0 Å². The van der Waals surface area contributed by atoms with E-state index >= 15 is 0 Å². The van der Waals surface area contributed by atoms with Crippen LogP contribution < -0.4 is 4.74 Å². The normalized spacial score (nSPS) is 16.8. The molecule has 1 unspecified atom stereocenters. The number of carbonyl (C=O) groups is 1. The third-order valence-corrected chi connectivity index (χ3v) is 5.10. The van der Waals surface area contributed by atoms with Crippen LogP contribution in [-0.4, -0.2) is 43.6 Å². The molecule has 0 saturated carbocycles. The Morgan fingerprint density at radius 2 is 2.00 bits per heavy atom. The molecule has 1 atom stereocenters. The largest absolute Gasteiger partial charge is 0.437 e. The number of rotatable bonds is 5. The van der Waals surface area contributed by atoms with E-state index in [0.29, 0.717) is 18.1 Å². The first-order valence-corrected chi connectivity index (χ1v) is 9.99. The van der Waals surface area contributed by atoms with Crippen LogP contribution in [0.3, 0.4) is 0 Å². The van der Waals surface area contributed by atoms with Gasteiger partial charge < -0.3 is 9.64 Å². The van der Waals surface area contributed by atoms with Crippen LogP contribution in [0.4, 0.5) is 0 Å². The van der Waals surface area contributed by atoms with Crippen molar-refractivity contribution in [3.8, 4) is 11.6 Å². The Kier molecular flexibility index (Phi) is 5.55. The molecule has 1 aliphatic heterocycles. The summed E-state index contributed by atoms with van der Waals surface area (Å²) < 4.78 is 7.60. The zero-order valence-corrected chi connectivity index (χ0v) is 16.7. The van der Waals surface area contributed by atoms with Crippen LogP contribution in [-0.2, 0) is 0 Å². The van der Waals surface area contributed by atoms with Crippen LogP contribution in [0, 0.1) is 0 Å². The van der Waals surface area contributed by atoms with Crippen molar-refractivity contribution in [1.82, 2.24) is 24.6 Å². The standard InChI is InChI=1S/C22H25N5O2/c1-16(2)27-20(10-11-24-27)22(28)26-12-6-7-17(15-26)19-13-23-14-21(25-19)29-18-8-4-3-5-9-18/h3-5,8-11,13-14,16-17H,6-7,12,15H2,1-2H3. The van der Waals surface area contributed by atoms with Gasteiger partial charge in [-0.05, 0) is 44.9 Å². The van der Waals surface area contributed by atoms with Crippen molar-refractivity contribution in [1.29, 1.82) is 0 Å². The first-order valence-electron chi connectivity index (χ1n) is 9.99. The fraction of sp³-hybridized carbons (Fsp3) is 0.364. The van der Waals surface area contributed by atoms with E-state index in [1.165, 1.54) is 0 Å². The molecule has 0 N–H and O–H groups in total. The maximum Gasteiger partial charge on any atom is 0.272 e. The van der Waals surface area contributed by atoms with Gasteiger partial charge in [0.05, 0.1) is 11.9 Å². The molecule has 1 aliphatic rings. The van der Waals surface area contributed by atoms with Gasteiger partial charge in [0.2, 0.25) is 5.88 Å². The molecule has 1 amide bonds. The minimum absolute atomic E-state index is 0.0190. The van der Waals surface area contributed by atoms with Crippen LogP contribution >= 0.6 is 0 Å². The predicted octanol–water partition coefficient (Wildman–Crippen LogP) is 4.07. The fourth-order valence-electron chi connectivity index (χ4n) is 3.68. The van der Waals surface area contributed by atoms with Gasteiger partial charge in [-0.3, -0.25) is 14.5 Å². The second kappa shape index (κ2) is 8.43. The number of likely N-dealkylation sites (tertiary alicyclic amines) is 1. The molecule has 3 heterocycles. The molecule has 150 valence electrons. The number of ether oxygens (including phenoxy) is 1. The lowest BCUT2D eigenvalue weighted by atomic mass is 9.95. The molecular formula is C22H25N5O2. The lowest BCUT2D eigenvalue weighted by Crippen LogP contribution is -2.40. The zero-order valence-electron chi connectivity index (χ0n) is 16.7.